The van der Waals surface area contributed by atoms with Crippen molar-refractivity contribution in [3.63, 3.8) is 0 Å². The fourth-order valence-corrected chi connectivity index (χ4v) is 1.53. The normalized spacial score (nSPS) is 10.1. The Kier molecular flexibility index (Phi) is 3.53. The molecule has 0 spiro atoms. The molecule has 2 N–H and O–H groups in total. The maximum Gasteiger partial charge on any atom is 0.322 e. The van der Waals surface area contributed by atoms with Gasteiger partial charge >= 0.3 is 6.01 Å². The van der Waals surface area contributed by atoms with Gasteiger partial charge in [-0.3, -0.25) is 0 Å². The van der Waals surface area contributed by atoms with Crippen LogP contribution in [0, 0.1) is 13.8 Å². The Morgan fingerprint density at radius 3 is 2.44 bits per heavy atom. The number of nitrogens with two attached hydrogens (primary N) is 1. The number of aromatic nitrogens is 2. The van der Waals surface area contributed by atoms with Gasteiger partial charge in [-0.15, -0.1) is 0 Å². The van der Waals surface area contributed by atoms with Gasteiger partial charge in [-0.1, -0.05) is 29.9 Å². The van der Waals surface area contributed by atoms with E-state index in [1.165, 1.54) is 0 Å². The molecule has 18 heavy (non-hydrogen) atoms. The highest BCUT2D eigenvalue weighted by Crippen LogP contribution is 2.18. The number of rotatable bonds is 3. The molecule has 0 aliphatic heterocycles. The number of aryl methyl sites for hydroxylation is 2. The van der Waals surface area contributed by atoms with Gasteiger partial charge in [0.25, 0.3) is 0 Å². The van der Waals surface area contributed by atoms with Gasteiger partial charge in [-0.2, -0.15) is 4.98 Å². The fourth-order valence-electron chi connectivity index (χ4n) is 1.42. The zero-order valence-corrected chi connectivity index (χ0v) is 11.0. The summed E-state index contributed by atoms with van der Waals surface area (Å²) < 4.78 is 5.57. The molecule has 0 saturated heterocycles. The molecule has 2 rings (SSSR count). The third-order valence-electron chi connectivity index (χ3n) is 2.32. The zero-order valence-electron chi connectivity index (χ0n) is 10.2. The number of nitrogens with zero attached hydrogens (tertiary/aromatic N) is 2. The molecule has 4 nitrogen and oxygen atoms in total. The smallest absolute Gasteiger partial charge is 0.322 e. The quantitative estimate of drug-likeness (QED) is 0.858. The second-order valence-corrected chi connectivity index (χ2v) is 4.40. The molecule has 5 heteroatoms. The summed E-state index contributed by atoms with van der Waals surface area (Å²) in [6.45, 7) is 3.85. The van der Waals surface area contributed by atoms with Gasteiger partial charge in [0, 0.05) is 5.69 Å². The maximum absolute atomic E-state index is 5.57. The first-order valence-electron chi connectivity index (χ1n) is 5.44. The van der Waals surface area contributed by atoms with E-state index >= 15 is 0 Å². The van der Waals surface area contributed by atoms with Crippen molar-refractivity contribution < 1.29 is 4.74 Å². The first-order chi connectivity index (χ1) is 8.54. The standard InChI is InChI=1S/C13H13N3OS/c1-8-3-5-10(6-4-8)17-13-15-9(2)7-11(16-13)12(14)18/h3-7H,1-2H3,(H2,14,18). The van der Waals surface area contributed by atoms with Crippen LogP contribution in [-0.4, -0.2) is 15.0 Å². The minimum Gasteiger partial charge on any atom is -0.424 e. The minimum absolute atomic E-state index is 0.231. The highest BCUT2D eigenvalue weighted by atomic mass is 32.1. The van der Waals surface area contributed by atoms with E-state index < -0.39 is 0 Å². The molecule has 0 atom stereocenters. The number of hydrogen-bond donors (Lipinski definition) is 1. The molecule has 0 saturated carbocycles. The van der Waals surface area contributed by atoms with E-state index in [2.05, 4.69) is 9.97 Å². The topological polar surface area (TPSA) is 61.0 Å². The molecule has 0 fully saturated rings. The number of hydrogen-bond acceptors (Lipinski definition) is 4. The molecular formula is C13H13N3OS. The van der Waals surface area contributed by atoms with Crippen molar-refractivity contribution in [2.45, 2.75) is 13.8 Å². The molecule has 0 unspecified atom stereocenters. The van der Waals surface area contributed by atoms with Crippen LogP contribution in [0.4, 0.5) is 0 Å². The van der Waals surface area contributed by atoms with E-state index in [9.17, 15) is 0 Å². The van der Waals surface area contributed by atoms with Crippen LogP contribution >= 0.6 is 12.2 Å². The molecule has 0 amide bonds. The van der Waals surface area contributed by atoms with Crippen molar-refractivity contribution >= 4 is 17.2 Å². The van der Waals surface area contributed by atoms with Crippen LogP contribution in [0.25, 0.3) is 0 Å². The van der Waals surface area contributed by atoms with E-state index in [0.29, 0.717) is 11.4 Å². The summed E-state index contributed by atoms with van der Waals surface area (Å²) in [4.78, 5) is 8.57. The van der Waals surface area contributed by atoms with Crippen LogP contribution in [0.3, 0.4) is 0 Å². The Morgan fingerprint density at radius 2 is 1.83 bits per heavy atom. The number of ether oxygens (including phenoxy) is 1. The lowest BCUT2D eigenvalue weighted by molar-refractivity contribution is 0.440. The summed E-state index contributed by atoms with van der Waals surface area (Å²) in [5.74, 6) is 0.681. The number of benzene rings is 1. The van der Waals surface area contributed by atoms with Crippen LogP contribution in [0.5, 0.6) is 11.8 Å². The van der Waals surface area contributed by atoms with E-state index in [1.807, 2.05) is 38.1 Å². The van der Waals surface area contributed by atoms with E-state index in [-0.39, 0.29) is 11.0 Å². The molecule has 0 aliphatic carbocycles. The van der Waals surface area contributed by atoms with Crippen LogP contribution < -0.4 is 10.5 Å². The molecule has 0 aliphatic rings. The van der Waals surface area contributed by atoms with Crippen molar-refractivity contribution in [2.75, 3.05) is 0 Å². The summed E-state index contributed by atoms with van der Waals surface area (Å²) in [6, 6.07) is 9.62. The van der Waals surface area contributed by atoms with Gasteiger partial charge < -0.3 is 10.5 Å². The van der Waals surface area contributed by atoms with Gasteiger partial charge in [0.05, 0.1) is 0 Å². The van der Waals surface area contributed by atoms with E-state index in [0.717, 1.165) is 11.3 Å². The average molecular weight is 259 g/mol. The Bertz CT molecular complexity index is 581. The molecule has 92 valence electrons. The average Bonchev–Trinajstić information content (AvgIpc) is 2.31. The molecule has 1 aromatic carbocycles. The van der Waals surface area contributed by atoms with Crippen molar-refractivity contribution in [2.24, 2.45) is 5.73 Å². The zero-order chi connectivity index (χ0) is 13.1. The minimum atomic E-state index is 0.231. The Labute approximate surface area is 111 Å². The molecule has 2 aromatic rings. The monoisotopic (exact) mass is 259 g/mol. The first-order valence-corrected chi connectivity index (χ1v) is 5.85. The van der Waals surface area contributed by atoms with Crippen LogP contribution in [0.2, 0.25) is 0 Å². The second kappa shape index (κ2) is 5.10. The van der Waals surface area contributed by atoms with Gasteiger partial charge in [0.1, 0.15) is 16.4 Å². The van der Waals surface area contributed by atoms with E-state index in [4.69, 9.17) is 22.7 Å². The second-order valence-electron chi connectivity index (χ2n) is 3.96. The van der Waals surface area contributed by atoms with Crippen molar-refractivity contribution in [3.05, 3.63) is 47.3 Å². The Balaban J connectivity index is 2.28. The van der Waals surface area contributed by atoms with Crippen molar-refractivity contribution in [1.82, 2.24) is 9.97 Å². The van der Waals surface area contributed by atoms with Gasteiger partial charge in [-0.05, 0) is 32.0 Å². The van der Waals surface area contributed by atoms with Crippen LogP contribution in [-0.2, 0) is 0 Å². The number of thiocarbonyl (C=S) groups is 1. The van der Waals surface area contributed by atoms with Gasteiger partial charge in [0.2, 0.25) is 0 Å². The molecule has 1 aromatic heterocycles. The predicted molar refractivity (Wildman–Crippen MR) is 73.9 cm³/mol. The lowest BCUT2D eigenvalue weighted by Crippen LogP contribution is -2.13. The lowest BCUT2D eigenvalue weighted by atomic mass is 10.2. The van der Waals surface area contributed by atoms with Gasteiger partial charge in [-0.25, -0.2) is 4.98 Å². The highest BCUT2D eigenvalue weighted by molar-refractivity contribution is 7.80. The third-order valence-corrected chi connectivity index (χ3v) is 2.53. The summed E-state index contributed by atoms with van der Waals surface area (Å²) in [5.41, 5.74) is 7.99. The molecule has 0 bridgehead atoms. The SMILES string of the molecule is Cc1ccc(Oc2nc(C)cc(C(N)=S)n2)cc1. The Hall–Kier alpha value is -2.01. The van der Waals surface area contributed by atoms with E-state index in [1.54, 1.807) is 6.07 Å². The molecular weight excluding hydrogens is 246 g/mol. The summed E-state index contributed by atoms with van der Waals surface area (Å²) in [5, 5.41) is 0. The van der Waals surface area contributed by atoms with Crippen LogP contribution in [0.15, 0.2) is 30.3 Å². The largest absolute Gasteiger partial charge is 0.424 e. The van der Waals surface area contributed by atoms with Gasteiger partial charge in [0.15, 0.2) is 0 Å². The molecule has 1 heterocycles. The summed E-state index contributed by atoms with van der Waals surface area (Å²) >= 11 is 4.89. The lowest BCUT2D eigenvalue weighted by Gasteiger charge is -2.06. The highest BCUT2D eigenvalue weighted by Gasteiger charge is 2.06. The summed E-state index contributed by atoms with van der Waals surface area (Å²) in [7, 11) is 0. The molecule has 0 radical (unpaired) electrons. The predicted octanol–water partition coefficient (Wildman–Crippen LogP) is 2.52. The van der Waals surface area contributed by atoms with Crippen molar-refractivity contribution in [1.29, 1.82) is 0 Å². The maximum atomic E-state index is 5.57. The Morgan fingerprint density at radius 1 is 1.17 bits per heavy atom. The fraction of sp³-hybridized carbons (Fsp3) is 0.154. The summed E-state index contributed by atoms with van der Waals surface area (Å²) in [6.07, 6.45) is 0. The van der Waals surface area contributed by atoms with Crippen LogP contribution in [0.1, 0.15) is 17.0 Å². The third kappa shape index (κ3) is 3.01. The van der Waals surface area contributed by atoms with Crippen molar-refractivity contribution in [3.8, 4) is 11.8 Å². The first kappa shape index (κ1) is 12.4.